The Bertz CT molecular complexity index is 774. The first kappa shape index (κ1) is 24.2. The van der Waals surface area contributed by atoms with E-state index in [1.807, 2.05) is 12.1 Å². The molecule has 1 heterocycles. The average molecular weight is 413 g/mol. The van der Waals surface area contributed by atoms with E-state index < -0.39 is 0 Å². The molecule has 0 unspecified atom stereocenters. The van der Waals surface area contributed by atoms with Crippen LogP contribution < -0.4 is 0 Å². The topological polar surface area (TPSA) is 39.4 Å². The lowest BCUT2D eigenvalue weighted by atomic mass is 9.72. The van der Waals surface area contributed by atoms with Gasteiger partial charge in [0.25, 0.3) is 0 Å². The van der Waals surface area contributed by atoms with Gasteiger partial charge in [-0.2, -0.15) is 0 Å². The van der Waals surface area contributed by atoms with Crippen molar-refractivity contribution in [3.05, 3.63) is 52.5 Å². The molecule has 0 saturated heterocycles. The van der Waals surface area contributed by atoms with E-state index in [0.29, 0.717) is 12.4 Å². The molecule has 0 atom stereocenters. The molecule has 0 fully saturated rings. The van der Waals surface area contributed by atoms with Crippen LogP contribution in [0.2, 0.25) is 0 Å². The van der Waals surface area contributed by atoms with Crippen LogP contribution in [-0.4, -0.2) is 12.6 Å². The van der Waals surface area contributed by atoms with Crippen LogP contribution in [0.25, 0.3) is 6.08 Å². The summed E-state index contributed by atoms with van der Waals surface area (Å²) < 4.78 is 11.0. The second kappa shape index (κ2) is 12.0. The van der Waals surface area contributed by atoms with Crippen LogP contribution in [0.15, 0.2) is 45.4 Å². The van der Waals surface area contributed by atoms with Crippen LogP contribution in [0.5, 0.6) is 0 Å². The molecule has 166 valence electrons. The molecular weight excluding hydrogens is 372 g/mol. The van der Waals surface area contributed by atoms with Crippen LogP contribution in [0, 0.1) is 5.41 Å². The monoisotopic (exact) mass is 412 g/mol. The van der Waals surface area contributed by atoms with Gasteiger partial charge >= 0.3 is 5.97 Å². The Morgan fingerprint density at radius 2 is 1.90 bits per heavy atom. The normalized spacial score (nSPS) is 17.0. The van der Waals surface area contributed by atoms with Crippen molar-refractivity contribution >= 4 is 12.0 Å². The Morgan fingerprint density at radius 3 is 2.63 bits per heavy atom. The first-order valence-corrected chi connectivity index (χ1v) is 11.7. The van der Waals surface area contributed by atoms with Gasteiger partial charge in [-0.05, 0) is 74.3 Å². The van der Waals surface area contributed by atoms with Crippen LogP contribution in [-0.2, 0) is 4.74 Å². The first-order chi connectivity index (χ1) is 14.3. The smallest absolute Gasteiger partial charge is 0.374 e. The highest BCUT2D eigenvalue weighted by Crippen LogP contribution is 2.40. The molecule has 0 aromatic carbocycles. The van der Waals surface area contributed by atoms with Crippen LogP contribution in [0.1, 0.15) is 109 Å². The fourth-order valence-corrected chi connectivity index (χ4v) is 4.16. The maximum absolute atomic E-state index is 12.2. The lowest BCUT2D eigenvalue weighted by Crippen LogP contribution is -2.19. The van der Waals surface area contributed by atoms with Crippen molar-refractivity contribution in [2.45, 2.75) is 92.4 Å². The Hall–Kier alpha value is -2.03. The van der Waals surface area contributed by atoms with Crippen molar-refractivity contribution in [2.75, 3.05) is 6.61 Å². The molecule has 2 rings (SSSR count). The summed E-state index contributed by atoms with van der Waals surface area (Å²) in [5.41, 5.74) is 4.26. The third-order valence-corrected chi connectivity index (χ3v) is 5.98. The summed E-state index contributed by atoms with van der Waals surface area (Å²) in [6, 6.07) is 3.52. The number of hydrogen-bond donors (Lipinski definition) is 0. The van der Waals surface area contributed by atoms with Crippen molar-refractivity contribution < 1.29 is 13.9 Å². The number of carbonyl (C=O) groups excluding carboxylic acids is 1. The summed E-state index contributed by atoms with van der Waals surface area (Å²) in [5, 5.41) is 0. The van der Waals surface area contributed by atoms with Gasteiger partial charge in [0.1, 0.15) is 5.76 Å². The summed E-state index contributed by atoms with van der Waals surface area (Å²) in [7, 11) is 0. The van der Waals surface area contributed by atoms with Gasteiger partial charge in [-0.15, -0.1) is 0 Å². The predicted octanol–water partition coefficient (Wildman–Crippen LogP) is 8.28. The highest BCUT2D eigenvalue weighted by molar-refractivity contribution is 5.86. The third-order valence-electron chi connectivity index (χ3n) is 5.98. The number of carbonyl (C=O) groups is 1. The molecule has 0 bridgehead atoms. The molecule has 3 heteroatoms. The number of allylic oxidation sites excluding steroid dienone is 5. The second-order valence-corrected chi connectivity index (χ2v) is 9.26. The van der Waals surface area contributed by atoms with E-state index in [9.17, 15) is 4.79 Å². The zero-order valence-electron chi connectivity index (χ0n) is 19.7. The summed E-state index contributed by atoms with van der Waals surface area (Å²) in [4.78, 5) is 12.2. The van der Waals surface area contributed by atoms with Gasteiger partial charge < -0.3 is 9.15 Å². The Balaban J connectivity index is 1.86. The van der Waals surface area contributed by atoms with Crippen molar-refractivity contribution in [2.24, 2.45) is 5.41 Å². The van der Waals surface area contributed by atoms with Crippen molar-refractivity contribution in [3.8, 4) is 0 Å². The molecule has 0 amide bonds. The van der Waals surface area contributed by atoms with Gasteiger partial charge in [0.05, 0.1) is 6.61 Å². The number of ether oxygens (including phenoxy) is 1. The lowest BCUT2D eigenvalue weighted by molar-refractivity contribution is 0.0461. The maximum Gasteiger partial charge on any atom is 0.374 e. The van der Waals surface area contributed by atoms with Crippen LogP contribution >= 0.6 is 0 Å². The number of rotatable bonds is 11. The standard InChI is InChI=1S/C27H40O3/c1-6-7-8-9-10-11-19-29-26(28)25-17-15-23(30-25)20-21(2)14-16-24-22(3)13-12-18-27(24,4)5/h14-17,20H,6-13,18-19H2,1-5H3/b16-14+,21-20+. The summed E-state index contributed by atoms with van der Waals surface area (Å²) in [6.07, 6.45) is 17.1. The molecular formula is C27H40O3. The summed E-state index contributed by atoms with van der Waals surface area (Å²) >= 11 is 0. The molecule has 0 aliphatic heterocycles. The largest absolute Gasteiger partial charge is 0.460 e. The van der Waals surface area contributed by atoms with Gasteiger partial charge in [0.15, 0.2) is 0 Å². The number of esters is 1. The second-order valence-electron chi connectivity index (χ2n) is 9.26. The zero-order chi connectivity index (χ0) is 22.0. The molecule has 0 N–H and O–H groups in total. The number of hydrogen-bond acceptors (Lipinski definition) is 3. The summed E-state index contributed by atoms with van der Waals surface area (Å²) in [6.45, 7) is 11.6. The summed E-state index contributed by atoms with van der Waals surface area (Å²) in [5.74, 6) is 0.578. The van der Waals surface area contributed by atoms with Gasteiger partial charge in [0.2, 0.25) is 5.76 Å². The minimum absolute atomic E-state index is 0.233. The van der Waals surface area contributed by atoms with Crippen molar-refractivity contribution in [3.63, 3.8) is 0 Å². The molecule has 1 aliphatic rings. The minimum Gasteiger partial charge on any atom is -0.460 e. The van der Waals surface area contributed by atoms with E-state index in [0.717, 1.165) is 18.4 Å². The number of unbranched alkanes of at least 4 members (excludes halogenated alkanes) is 5. The Labute approximate surface area is 183 Å². The fourth-order valence-electron chi connectivity index (χ4n) is 4.16. The first-order valence-electron chi connectivity index (χ1n) is 11.7. The molecule has 1 aromatic rings. The van der Waals surface area contributed by atoms with E-state index in [1.165, 1.54) is 56.1 Å². The Morgan fingerprint density at radius 1 is 1.17 bits per heavy atom. The van der Waals surface area contributed by atoms with Gasteiger partial charge in [0, 0.05) is 0 Å². The molecule has 1 aliphatic carbocycles. The third kappa shape index (κ3) is 7.66. The van der Waals surface area contributed by atoms with Crippen LogP contribution in [0.3, 0.4) is 0 Å². The van der Waals surface area contributed by atoms with E-state index >= 15 is 0 Å². The van der Waals surface area contributed by atoms with E-state index in [1.54, 1.807) is 6.07 Å². The van der Waals surface area contributed by atoms with Gasteiger partial charge in [-0.1, -0.05) is 70.6 Å². The van der Waals surface area contributed by atoms with E-state index in [-0.39, 0.29) is 17.1 Å². The molecule has 30 heavy (non-hydrogen) atoms. The number of furan rings is 1. The molecule has 1 aromatic heterocycles. The molecule has 0 spiro atoms. The van der Waals surface area contributed by atoms with E-state index in [4.69, 9.17) is 9.15 Å². The van der Waals surface area contributed by atoms with E-state index in [2.05, 4.69) is 46.8 Å². The molecule has 0 saturated carbocycles. The Kier molecular flexibility index (Phi) is 9.68. The molecule has 3 nitrogen and oxygen atoms in total. The minimum atomic E-state index is -0.374. The van der Waals surface area contributed by atoms with Crippen LogP contribution in [0.4, 0.5) is 0 Å². The zero-order valence-corrected chi connectivity index (χ0v) is 19.7. The highest BCUT2D eigenvalue weighted by Gasteiger charge is 2.26. The highest BCUT2D eigenvalue weighted by atomic mass is 16.5. The SMILES string of the molecule is CCCCCCCCOC(=O)c1ccc(/C=C(C)/C=C/C2=C(C)CCCC2(C)C)o1. The predicted molar refractivity (Wildman–Crippen MR) is 125 cm³/mol. The van der Waals surface area contributed by atoms with Crippen molar-refractivity contribution in [1.29, 1.82) is 0 Å². The van der Waals surface area contributed by atoms with Gasteiger partial charge in [-0.3, -0.25) is 0 Å². The average Bonchev–Trinajstić information content (AvgIpc) is 3.14. The van der Waals surface area contributed by atoms with Crippen molar-refractivity contribution in [1.82, 2.24) is 0 Å². The fraction of sp³-hybridized carbons (Fsp3) is 0.593. The lowest BCUT2D eigenvalue weighted by Gasteiger charge is -2.32. The molecule has 0 radical (unpaired) electrons. The quantitative estimate of drug-likeness (QED) is 0.208. The van der Waals surface area contributed by atoms with Gasteiger partial charge in [-0.25, -0.2) is 4.79 Å². The maximum atomic E-state index is 12.2.